The Hall–Kier alpha value is -3.87. The zero-order chi connectivity index (χ0) is 26.3. The predicted molar refractivity (Wildman–Crippen MR) is 124 cm³/mol. The Bertz CT molecular complexity index is 1400. The summed E-state index contributed by atoms with van der Waals surface area (Å²) in [6, 6.07) is 6.32. The Labute approximate surface area is 205 Å². The van der Waals surface area contributed by atoms with Gasteiger partial charge in [0.2, 0.25) is 10.0 Å². The highest BCUT2D eigenvalue weighted by molar-refractivity contribution is 7.92. The van der Waals surface area contributed by atoms with Gasteiger partial charge in [0.1, 0.15) is 11.3 Å². The van der Waals surface area contributed by atoms with Crippen LogP contribution in [-0.4, -0.2) is 31.4 Å². The number of rotatable bonds is 7. The number of nitrogens with one attached hydrogen (secondary N) is 2. The van der Waals surface area contributed by atoms with Crippen molar-refractivity contribution in [2.75, 3.05) is 11.0 Å². The summed E-state index contributed by atoms with van der Waals surface area (Å²) < 4.78 is 74.6. The van der Waals surface area contributed by atoms with E-state index in [2.05, 4.69) is 10.3 Å². The van der Waals surface area contributed by atoms with Gasteiger partial charge in [-0.05, 0) is 44.5 Å². The van der Waals surface area contributed by atoms with Crippen molar-refractivity contribution in [3.63, 3.8) is 0 Å². The molecule has 1 aromatic heterocycles. The second kappa shape index (κ2) is 9.30. The summed E-state index contributed by atoms with van der Waals surface area (Å²) in [4.78, 5) is 16.2. The van der Waals surface area contributed by atoms with Crippen molar-refractivity contribution in [3.05, 3.63) is 59.4 Å². The Morgan fingerprint density at radius 3 is 2.58 bits per heavy atom. The van der Waals surface area contributed by atoms with Crippen molar-refractivity contribution in [1.82, 2.24) is 10.3 Å². The van der Waals surface area contributed by atoms with Crippen LogP contribution in [0.25, 0.3) is 0 Å². The number of fused-ring (bicyclic) bond motifs is 1. The lowest BCUT2D eigenvalue weighted by Crippen LogP contribution is -2.29. The number of nitrogens with zero attached hydrogens (tertiary/aromatic N) is 1. The fraction of sp³-hybridized carbons (Fsp3) is 0.304. The van der Waals surface area contributed by atoms with E-state index in [1.807, 2.05) is 26.0 Å². The number of hydrogen-bond acceptors (Lipinski definition) is 8. The first-order valence-corrected chi connectivity index (χ1v) is 12.6. The third kappa shape index (κ3) is 5.85. The lowest BCUT2D eigenvalue weighted by Gasteiger charge is -2.17. The van der Waals surface area contributed by atoms with E-state index in [9.17, 15) is 22.0 Å². The Morgan fingerprint density at radius 2 is 1.92 bits per heavy atom. The molecule has 2 aromatic carbocycles. The molecule has 0 bridgehead atoms. The molecule has 3 aromatic rings. The van der Waals surface area contributed by atoms with Crippen molar-refractivity contribution in [1.29, 1.82) is 0 Å². The molecule has 0 spiro atoms. The van der Waals surface area contributed by atoms with Gasteiger partial charge in [0.25, 0.3) is 5.88 Å². The second-order valence-corrected chi connectivity index (χ2v) is 10.6. The Morgan fingerprint density at radius 1 is 1.22 bits per heavy atom. The van der Waals surface area contributed by atoms with Gasteiger partial charge in [0.15, 0.2) is 29.4 Å². The number of hydrogen-bond donors (Lipinski definition) is 2. The normalized spacial score (nSPS) is 14.9. The van der Waals surface area contributed by atoms with Crippen LogP contribution >= 0.6 is 0 Å². The molecule has 13 heteroatoms. The van der Waals surface area contributed by atoms with Gasteiger partial charge in [-0.15, -0.1) is 4.98 Å². The average molecular weight is 524 g/mol. The van der Waals surface area contributed by atoms with Crippen molar-refractivity contribution in [3.8, 4) is 23.5 Å². The van der Waals surface area contributed by atoms with Crippen LogP contribution in [0, 0.1) is 11.6 Å². The predicted octanol–water partition coefficient (Wildman–Crippen LogP) is 4.68. The van der Waals surface area contributed by atoms with Crippen LogP contribution in [0.2, 0.25) is 0 Å². The highest BCUT2D eigenvalue weighted by Gasteiger charge is 2.32. The van der Waals surface area contributed by atoms with Crippen LogP contribution in [0.3, 0.4) is 0 Å². The van der Waals surface area contributed by atoms with Gasteiger partial charge in [-0.2, -0.15) is 0 Å². The quantitative estimate of drug-likeness (QED) is 0.457. The molecule has 10 nitrogen and oxygen atoms in total. The van der Waals surface area contributed by atoms with Crippen molar-refractivity contribution >= 4 is 21.8 Å². The smallest absolute Gasteiger partial charge is 0.414 e. The van der Waals surface area contributed by atoms with Crippen LogP contribution in [0.5, 0.6) is 23.5 Å². The minimum absolute atomic E-state index is 0.0334. The summed E-state index contributed by atoms with van der Waals surface area (Å²) in [5.41, 5.74) is -0.185. The van der Waals surface area contributed by atoms with Crippen LogP contribution in [-0.2, 0) is 16.4 Å². The standard InChI is InChI=1S/C23H23F2N3O7S/c1-12(14-8-15(24)19(16(25)9-14)28-36(4,30)31)26-21(29)34-18-11-32-22(27-18)33-17-7-5-6-13-10-23(2,3)35-20(13)17/h5-9,11-12,28H,10H2,1-4H3,(H,26,29). The number of anilines is 1. The number of carbonyl (C=O) groups is 1. The van der Waals surface area contributed by atoms with E-state index in [1.54, 1.807) is 10.8 Å². The van der Waals surface area contributed by atoms with Crippen molar-refractivity contribution in [2.45, 2.75) is 38.8 Å². The molecule has 4 rings (SSSR count). The molecule has 2 N–H and O–H groups in total. The maximum absolute atomic E-state index is 14.2. The number of aromatic nitrogens is 1. The van der Waals surface area contributed by atoms with Crippen LogP contribution < -0.4 is 24.2 Å². The number of ether oxygens (including phenoxy) is 3. The number of sulfonamides is 1. The van der Waals surface area contributed by atoms with E-state index in [0.717, 1.165) is 30.2 Å². The molecule has 1 atom stereocenters. The molecule has 0 saturated heterocycles. The van der Waals surface area contributed by atoms with Gasteiger partial charge in [-0.3, -0.25) is 4.72 Å². The molecule has 2 heterocycles. The number of benzene rings is 2. The topological polar surface area (TPSA) is 129 Å². The highest BCUT2D eigenvalue weighted by Crippen LogP contribution is 2.43. The minimum Gasteiger partial charge on any atom is -0.483 e. The summed E-state index contributed by atoms with van der Waals surface area (Å²) >= 11 is 0. The lowest BCUT2D eigenvalue weighted by atomic mass is 10.0. The molecule has 0 fully saturated rings. The summed E-state index contributed by atoms with van der Waals surface area (Å²) in [7, 11) is -3.89. The Balaban J connectivity index is 1.39. The second-order valence-electron chi connectivity index (χ2n) is 8.83. The first kappa shape index (κ1) is 25.2. The van der Waals surface area contributed by atoms with E-state index in [1.165, 1.54) is 6.92 Å². The largest absolute Gasteiger partial charge is 0.483 e. The third-order valence-corrected chi connectivity index (χ3v) is 5.67. The number of oxazole rings is 1. The summed E-state index contributed by atoms with van der Waals surface area (Å²) in [5.74, 6) is -1.53. The monoisotopic (exact) mass is 523 g/mol. The molecule has 1 unspecified atom stereocenters. The molecule has 1 amide bonds. The molecule has 1 aliphatic heterocycles. The van der Waals surface area contributed by atoms with Crippen molar-refractivity contribution < 1.29 is 40.6 Å². The fourth-order valence-corrected chi connectivity index (χ4v) is 4.18. The van der Waals surface area contributed by atoms with E-state index >= 15 is 0 Å². The molecule has 192 valence electrons. The van der Waals surface area contributed by atoms with E-state index in [4.69, 9.17) is 18.6 Å². The summed E-state index contributed by atoms with van der Waals surface area (Å²) in [5, 5.41) is 2.39. The molecule has 1 aliphatic rings. The molecular weight excluding hydrogens is 500 g/mol. The summed E-state index contributed by atoms with van der Waals surface area (Å²) in [6.07, 6.45) is 1.36. The number of amides is 1. The number of halogens is 2. The van der Waals surface area contributed by atoms with E-state index in [0.29, 0.717) is 17.9 Å². The summed E-state index contributed by atoms with van der Waals surface area (Å²) in [6.45, 7) is 5.36. The van der Waals surface area contributed by atoms with Gasteiger partial charge in [-0.1, -0.05) is 12.1 Å². The minimum atomic E-state index is -3.89. The number of para-hydroxylation sites is 1. The third-order valence-electron chi connectivity index (χ3n) is 5.10. The molecular formula is C23H23F2N3O7S. The van der Waals surface area contributed by atoms with Crippen LogP contribution in [0.15, 0.2) is 41.0 Å². The van der Waals surface area contributed by atoms with Crippen molar-refractivity contribution in [2.24, 2.45) is 0 Å². The highest BCUT2D eigenvalue weighted by atomic mass is 32.2. The first-order chi connectivity index (χ1) is 16.8. The lowest BCUT2D eigenvalue weighted by molar-refractivity contribution is 0.133. The van der Waals surface area contributed by atoms with E-state index < -0.39 is 39.5 Å². The first-order valence-electron chi connectivity index (χ1n) is 10.7. The van der Waals surface area contributed by atoms with Crippen LogP contribution in [0.4, 0.5) is 19.3 Å². The average Bonchev–Trinajstić information content (AvgIpc) is 3.32. The van der Waals surface area contributed by atoms with Gasteiger partial charge in [-0.25, -0.2) is 22.0 Å². The molecule has 36 heavy (non-hydrogen) atoms. The maximum Gasteiger partial charge on any atom is 0.414 e. The van der Waals surface area contributed by atoms with Gasteiger partial charge < -0.3 is 23.9 Å². The zero-order valence-corrected chi connectivity index (χ0v) is 20.5. The maximum atomic E-state index is 14.2. The van der Waals surface area contributed by atoms with Gasteiger partial charge in [0, 0.05) is 12.0 Å². The fourth-order valence-electron chi connectivity index (χ4n) is 3.61. The Kier molecular flexibility index (Phi) is 6.52. The SMILES string of the molecule is CC(NC(=O)Oc1coc(Oc2cccc3c2OC(C)(C)C3)n1)c1cc(F)c(NS(C)(=O)=O)c(F)c1. The van der Waals surface area contributed by atoms with Crippen LogP contribution in [0.1, 0.15) is 37.9 Å². The van der Waals surface area contributed by atoms with Gasteiger partial charge in [0.05, 0.1) is 12.3 Å². The molecule has 0 aliphatic carbocycles. The van der Waals surface area contributed by atoms with E-state index in [-0.39, 0.29) is 23.1 Å². The molecule has 0 saturated carbocycles. The zero-order valence-electron chi connectivity index (χ0n) is 19.7. The number of carbonyl (C=O) groups excluding carboxylic acids is 1. The van der Waals surface area contributed by atoms with Gasteiger partial charge >= 0.3 is 12.2 Å². The molecule has 0 radical (unpaired) electrons.